The number of pyridine rings is 1. The molecule has 3 rings (SSSR count). The Morgan fingerprint density at radius 2 is 1.79 bits per heavy atom. The molecule has 0 bridgehead atoms. The van der Waals surface area contributed by atoms with Gasteiger partial charge >= 0.3 is 29.6 Å². The Labute approximate surface area is 165 Å². The molecule has 5 nitrogen and oxygen atoms in total. The molecule has 2 aromatic carbocycles. The van der Waals surface area contributed by atoms with Gasteiger partial charge in [0.2, 0.25) is 0 Å². The Bertz CT molecular complexity index is 971. The van der Waals surface area contributed by atoms with Gasteiger partial charge in [0.25, 0.3) is 11.5 Å². The minimum absolute atomic E-state index is 0. The molecule has 7 heteroatoms. The van der Waals surface area contributed by atoms with Gasteiger partial charge in [-0.3, -0.25) is 9.59 Å². The van der Waals surface area contributed by atoms with Crippen LogP contribution in [0.5, 0.6) is 5.75 Å². The van der Waals surface area contributed by atoms with Crippen molar-refractivity contribution in [3.8, 4) is 5.75 Å². The number of benzene rings is 2. The molecule has 0 unspecified atom stereocenters. The number of carbonyl (C=O) groups is 1. The van der Waals surface area contributed by atoms with E-state index < -0.39 is 17.2 Å². The minimum atomic E-state index is -0.684. The van der Waals surface area contributed by atoms with Gasteiger partial charge in [0, 0.05) is 12.7 Å². The fraction of sp³-hybridized carbons (Fsp3) is 0.0588. The molecular weight excluding hydrogens is 339 g/mol. The van der Waals surface area contributed by atoms with E-state index in [0.717, 1.165) is 0 Å². The number of para-hydroxylation sites is 1. The third-order valence-electron chi connectivity index (χ3n) is 3.60. The summed E-state index contributed by atoms with van der Waals surface area (Å²) in [5, 5.41) is 13.6. The second-order valence-electron chi connectivity index (χ2n) is 5.04. The van der Waals surface area contributed by atoms with Gasteiger partial charge in [0.1, 0.15) is 11.3 Å². The molecule has 1 aromatic heterocycles. The summed E-state index contributed by atoms with van der Waals surface area (Å²) in [4.78, 5) is 24.9. The second-order valence-corrected chi connectivity index (χ2v) is 5.45. The number of nitrogens with zero attached hydrogens (tertiary/aromatic N) is 1. The number of aromatic nitrogens is 1. The number of amides is 1. The number of anilines is 1. The van der Waals surface area contributed by atoms with E-state index >= 15 is 0 Å². The summed E-state index contributed by atoms with van der Waals surface area (Å²) < 4.78 is 1.29. The van der Waals surface area contributed by atoms with Gasteiger partial charge in [0.05, 0.1) is 15.9 Å². The number of aromatic hydroxyl groups is 1. The monoisotopic (exact) mass is 352 g/mol. The summed E-state index contributed by atoms with van der Waals surface area (Å²) in [7, 11) is 1.53. The van der Waals surface area contributed by atoms with Crippen LogP contribution in [0.1, 0.15) is 10.4 Å². The van der Waals surface area contributed by atoms with E-state index in [1.54, 1.807) is 42.5 Å². The Hall–Kier alpha value is -1.79. The summed E-state index contributed by atoms with van der Waals surface area (Å²) in [5.41, 5.74) is 0.0529. The van der Waals surface area contributed by atoms with Gasteiger partial charge in [-0.2, -0.15) is 0 Å². The first-order valence-electron chi connectivity index (χ1n) is 6.87. The molecule has 0 fully saturated rings. The van der Waals surface area contributed by atoms with E-state index in [-0.39, 0.29) is 45.5 Å². The van der Waals surface area contributed by atoms with Crippen LogP contribution in [0.2, 0.25) is 5.02 Å². The summed E-state index contributed by atoms with van der Waals surface area (Å²) >= 11 is 6.12. The van der Waals surface area contributed by atoms with Crippen molar-refractivity contribution >= 4 is 63.7 Å². The molecule has 0 aliphatic heterocycles. The number of halogens is 1. The average molecular weight is 353 g/mol. The number of aryl methyl sites for hydroxylation is 1. The van der Waals surface area contributed by atoms with Crippen LogP contribution in [0.4, 0.5) is 5.69 Å². The first kappa shape index (κ1) is 18.5. The Balaban J connectivity index is 0.00000208. The predicted octanol–water partition coefficient (Wildman–Crippen LogP) is 2.50. The van der Waals surface area contributed by atoms with Gasteiger partial charge in [-0.25, -0.2) is 0 Å². The molecular formula is C17H14ClN2NaO3. The standard InChI is InChI=1S/C17H13ClN2O3.Na.H/c1-20-12-9-5-8-11(18)13(12)15(21)14(17(20)23)16(22)19-10-6-3-2-4-7-10;;/h2-9,21H,1H3,(H,19,22);;. The molecule has 2 N–H and O–H groups in total. The molecule has 0 atom stereocenters. The predicted molar refractivity (Wildman–Crippen MR) is 97.4 cm³/mol. The summed E-state index contributed by atoms with van der Waals surface area (Å²) in [6.45, 7) is 0. The van der Waals surface area contributed by atoms with Crippen molar-refractivity contribution in [3.05, 3.63) is 69.5 Å². The Morgan fingerprint density at radius 3 is 2.46 bits per heavy atom. The Morgan fingerprint density at radius 1 is 1.12 bits per heavy atom. The number of nitrogens with one attached hydrogen (secondary N) is 1. The van der Waals surface area contributed by atoms with Crippen LogP contribution in [0.3, 0.4) is 0 Å². The van der Waals surface area contributed by atoms with Crippen LogP contribution in [0.15, 0.2) is 53.3 Å². The number of hydrogen-bond acceptors (Lipinski definition) is 3. The molecule has 118 valence electrons. The van der Waals surface area contributed by atoms with Crippen molar-refractivity contribution in [2.75, 3.05) is 5.32 Å². The fourth-order valence-corrected chi connectivity index (χ4v) is 2.71. The quantitative estimate of drug-likeness (QED) is 0.696. The molecule has 1 heterocycles. The van der Waals surface area contributed by atoms with Crippen LogP contribution < -0.4 is 10.9 Å². The van der Waals surface area contributed by atoms with E-state index in [2.05, 4.69) is 5.32 Å². The van der Waals surface area contributed by atoms with Crippen molar-refractivity contribution in [2.24, 2.45) is 7.05 Å². The van der Waals surface area contributed by atoms with E-state index in [0.29, 0.717) is 11.2 Å². The SMILES string of the molecule is Cn1c(=O)c(C(=O)Nc2ccccc2)c(O)c2c(Cl)cccc21.[NaH]. The van der Waals surface area contributed by atoms with Gasteiger partial charge in [-0.1, -0.05) is 35.9 Å². The number of fused-ring (bicyclic) bond motifs is 1. The van der Waals surface area contributed by atoms with Crippen molar-refractivity contribution in [3.63, 3.8) is 0 Å². The molecule has 3 aromatic rings. The zero-order chi connectivity index (χ0) is 16.6. The molecule has 24 heavy (non-hydrogen) atoms. The number of carbonyl (C=O) groups excluding carboxylic acids is 1. The third-order valence-corrected chi connectivity index (χ3v) is 3.92. The van der Waals surface area contributed by atoms with Crippen LogP contribution in [0, 0.1) is 0 Å². The van der Waals surface area contributed by atoms with Crippen LogP contribution in [-0.4, -0.2) is 45.1 Å². The van der Waals surface area contributed by atoms with E-state index in [1.165, 1.54) is 11.6 Å². The van der Waals surface area contributed by atoms with E-state index in [9.17, 15) is 14.7 Å². The molecule has 0 aliphatic rings. The van der Waals surface area contributed by atoms with Gasteiger partial charge in [0.15, 0.2) is 0 Å². The first-order chi connectivity index (χ1) is 11.0. The molecule has 0 spiro atoms. The van der Waals surface area contributed by atoms with Crippen molar-refractivity contribution in [2.45, 2.75) is 0 Å². The van der Waals surface area contributed by atoms with E-state index in [4.69, 9.17) is 11.6 Å². The number of hydrogen-bond donors (Lipinski definition) is 2. The maximum atomic E-state index is 12.4. The zero-order valence-corrected chi connectivity index (χ0v) is 13.0. The third kappa shape index (κ3) is 3.21. The van der Waals surface area contributed by atoms with Crippen molar-refractivity contribution in [1.82, 2.24) is 4.57 Å². The van der Waals surface area contributed by atoms with Crippen molar-refractivity contribution < 1.29 is 9.90 Å². The molecule has 0 saturated carbocycles. The summed E-state index contributed by atoms with van der Waals surface area (Å²) in [6.07, 6.45) is 0. The van der Waals surface area contributed by atoms with Crippen LogP contribution in [-0.2, 0) is 7.05 Å². The van der Waals surface area contributed by atoms with E-state index in [1.807, 2.05) is 6.07 Å². The van der Waals surface area contributed by atoms with Crippen molar-refractivity contribution in [1.29, 1.82) is 0 Å². The first-order valence-corrected chi connectivity index (χ1v) is 7.25. The normalized spacial score (nSPS) is 10.2. The van der Waals surface area contributed by atoms with Gasteiger partial charge in [-0.05, 0) is 24.3 Å². The maximum absolute atomic E-state index is 12.4. The zero-order valence-electron chi connectivity index (χ0n) is 12.2. The van der Waals surface area contributed by atoms with Crippen LogP contribution in [0.25, 0.3) is 10.9 Å². The molecule has 1 amide bonds. The second kappa shape index (κ2) is 7.40. The van der Waals surface area contributed by atoms with Gasteiger partial charge < -0.3 is 15.0 Å². The van der Waals surface area contributed by atoms with Crippen LogP contribution >= 0.6 is 11.6 Å². The molecule has 0 radical (unpaired) electrons. The van der Waals surface area contributed by atoms with Gasteiger partial charge in [-0.15, -0.1) is 0 Å². The fourth-order valence-electron chi connectivity index (χ4n) is 2.45. The Kier molecular flexibility index (Phi) is 5.72. The number of rotatable bonds is 2. The average Bonchev–Trinajstić information content (AvgIpc) is 2.53. The summed E-state index contributed by atoms with van der Waals surface area (Å²) in [6, 6.07) is 13.6. The molecule has 0 aliphatic carbocycles. The topological polar surface area (TPSA) is 71.3 Å². The summed E-state index contributed by atoms with van der Waals surface area (Å²) in [5.74, 6) is -1.10. The molecule has 0 saturated heterocycles.